The second-order valence-corrected chi connectivity index (χ2v) is 7.57. The molecular formula is C21H41NO4. The second-order valence-electron chi connectivity index (χ2n) is 7.57. The molecule has 26 heavy (non-hydrogen) atoms. The van der Waals surface area contributed by atoms with Crippen LogP contribution in [0, 0.1) is 0 Å². The molecule has 0 aromatic carbocycles. The minimum atomic E-state index is -0.685. The van der Waals surface area contributed by atoms with E-state index in [1.807, 2.05) is 0 Å². The van der Waals surface area contributed by atoms with Crippen molar-refractivity contribution in [2.45, 2.75) is 122 Å². The quantitative estimate of drug-likeness (QED) is 0.245. The molecule has 4 N–H and O–H groups in total. The molecule has 0 fully saturated rings. The van der Waals surface area contributed by atoms with E-state index in [2.05, 4.69) is 0 Å². The number of carboxylic acid groups (broad SMARTS) is 2. The van der Waals surface area contributed by atoms with Gasteiger partial charge in [-0.3, -0.25) is 9.59 Å². The van der Waals surface area contributed by atoms with Crippen molar-refractivity contribution < 1.29 is 19.8 Å². The van der Waals surface area contributed by atoms with Gasteiger partial charge in [0.2, 0.25) is 0 Å². The van der Waals surface area contributed by atoms with Crippen LogP contribution in [0.3, 0.4) is 0 Å². The van der Waals surface area contributed by atoms with Crippen molar-refractivity contribution in [2.24, 2.45) is 5.73 Å². The molecule has 5 nitrogen and oxygen atoms in total. The van der Waals surface area contributed by atoms with Gasteiger partial charge in [0, 0.05) is 18.9 Å². The fraction of sp³-hybridized carbons (Fsp3) is 0.905. The average molecular weight is 372 g/mol. The van der Waals surface area contributed by atoms with Gasteiger partial charge in [-0.05, 0) is 25.7 Å². The van der Waals surface area contributed by atoms with Gasteiger partial charge in [-0.25, -0.2) is 0 Å². The number of aliphatic carboxylic acids is 2. The van der Waals surface area contributed by atoms with Crippen LogP contribution in [0.15, 0.2) is 0 Å². The van der Waals surface area contributed by atoms with Crippen LogP contribution in [-0.2, 0) is 9.59 Å². The summed E-state index contributed by atoms with van der Waals surface area (Å²) >= 11 is 0. The molecule has 0 heterocycles. The Balaban J connectivity index is 3.19. The molecule has 0 radical (unpaired) electrons. The summed E-state index contributed by atoms with van der Waals surface area (Å²) in [4.78, 5) is 20.8. The number of unbranched alkanes of at least 4 members (excludes halogenated alkanes) is 12. The molecule has 0 aromatic rings. The topological polar surface area (TPSA) is 101 Å². The monoisotopic (exact) mass is 371 g/mol. The summed E-state index contributed by atoms with van der Waals surface area (Å²) < 4.78 is 0. The van der Waals surface area contributed by atoms with Crippen LogP contribution in [0.5, 0.6) is 0 Å². The van der Waals surface area contributed by atoms with E-state index in [0.717, 1.165) is 51.4 Å². The van der Waals surface area contributed by atoms with Gasteiger partial charge in [-0.1, -0.05) is 77.0 Å². The van der Waals surface area contributed by atoms with E-state index in [1.54, 1.807) is 0 Å². The maximum absolute atomic E-state index is 10.4. The van der Waals surface area contributed by atoms with Crippen LogP contribution < -0.4 is 5.73 Å². The van der Waals surface area contributed by atoms with Crippen molar-refractivity contribution in [3.63, 3.8) is 0 Å². The highest BCUT2D eigenvalue weighted by molar-refractivity contribution is 5.66. The first-order valence-corrected chi connectivity index (χ1v) is 10.7. The SMILES string of the molecule is NC(CCCCCCCCCC(=O)O)CCCCCCCCCC(=O)O. The molecule has 0 bridgehead atoms. The highest BCUT2D eigenvalue weighted by Crippen LogP contribution is 2.14. The Kier molecular flexibility index (Phi) is 17.9. The lowest BCUT2D eigenvalue weighted by Gasteiger charge is -2.11. The third kappa shape index (κ3) is 20.9. The molecular weight excluding hydrogens is 330 g/mol. The van der Waals surface area contributed by atoms with E-state index < -0.39 is 11.9 Å². The zero-order valence-electron chi connectivity index (χ0n) is 16.6. The van der Waals surface area contributed by atoms with Crippen LogP contribution in [0.2, 0.25) is 0 Å². The van der Waals surface area contributed by atoms with Gasteiger partial charge in [0.1, 0.15) is 0 Å². The van der Waals surface area contributed by atoms with E-state index >= 15 is 0 Å². The van der Waals surface area contributed by atoms with Crippen molar-refractivity contribution in [3.05, 3.63) is 0 Å². The van der Waals surface area contributed by atoms with E-state index in [-0.39, 0.29) is 0 Å². The largest absolute Gasteiger partial charge is 0.481 e. The van der Waals surface area contributed by atoms with Crippen molar-refractivity contribution >= 4 is 11.9 Å². The molecule has 154 valence electrons. The number of hydrogen-bond acceptors (Lipinski definition) is 3. The molecule has 0 unspecified atom stereocenters. The fourth-order valence-corrected chi connectivity index (χ4v) is 3.28. The second kappa shape index (κ2) is 18.7. The summed E-state index contributed by atoms with van der Waals surface area (Å²) in [6.07, 6.45) is 18.6. The van der Waals surface area contributed by atoms with Crippen molar-refractivity contribution in [3.8, 4) is 0 Å². The van der Waals surface area contributed by atoms with Gasteiger partial charge < -0.3 is 15.9 Å². The van der Waals surface area contributed by atoms with Crippen LogP contribution in [0.25, 0.3) is 0 Å². The van der Waals surface area contributed by atoms with Gasteiger partial charge in [-0.15, -0.1) is 0 Å². The molecule has 0 saturated carbocycles. The number of nitrogens with two attached hydrogens (primary N) is 1. The Morgan fingerprint density at radius 3 is 1.12 bits per heavy atom. The number of carbonyl (C=O) groups is 2. The summed E-state index contributed by atoms with van der Waals surface area (Å²) in [6.45, 7) is 0. The summed E-state index contributed by atoms with van der Waals surface area (Å²) in [7, 11) is 0. The predicted octanol–water partition coefficient (Wildman–Crippen LogP) is 5.50. The zero-order valence-corrected chi connectivity index (χ0v) is 16.6. The molecule has 5 heteroatoms. The Labute approximate surface area is 159 Å². The number of carboxylic acids is 2. The summed E-state index contributed by atoms with van der Waals surface area (Å²) in [5, 5.41) is 17.1. The van der Waals surface area contributed by atoms with Crippen LogP contribution >= 0.6 is 0 Å². The average Bonchev–Trinajstić information content (AvgIpc) is 2.58. The standard InChI is InChI=1S/C21H41NO4/c22-19(15-11-7-3-1-5-9-13-17-20(23)24)16-12-8-4-2-6-10-14-18-21(25)26/h19H,1-18,22H2,(H,23,24)(H,25,26). The van der Waals surface area contributed by atoms with Crippen LogP contribution in [0.4, 0.5) is 0 Å². The Bertz CT molecular complexity index is 315. The van der Waals surface area contributed by atoms with Crippen LogP contribution in [0.1, 0.15) is 116 Å². The van der Waals surface area contributed by atoms with E-state index in [9.17, 15) is 9.59 Å². The molecule has 0 rings (SSSR count). The molecule has 0 aromatic heterocycles. The fourth-order valence-electron chi connectivity index (χ4n) is 3.28. The number of hydrogen-bond donors (Lipinski definition) is 3. The molecule has 0 aliphatic heterocycles. The third-order valence-electron chi connectivity index (χ3n) is 4.93. The molecule has 0 aliphatic carbocycles. The van der Waals surface area contributed by atoms with Gasteiger partial charge in [0.25, 0.3) is 0 Å². The lowest BCUT2D eigenvalue weighted by atomic mass is 10.0. The van der Waals surface area contributed by atoms with Gasteiger partial charge in [-0.2, -0.15) is 0 Å². The maximum Gasteiger partial charge on any atom is 0.303 e. The summed E-state index contributed by atoms with van der Waals surface area (Å²) in [5.41, 5.74) is 6.18. The highest BCUT2D eigenvalue weighted by Gasteiger charge is 2.03. The molecule has 0 amide bonds. The summed E-state index contributed by atoms with van der Waals surface area (Å²) in [5.74, 6) is -1.37. The molecule has 0 saturated heterocycles. The Hall–Kier alpha value is -1.10. The van der Waals surface area contributed by atoms with E-state index in [1.165, 1.54) is 51.4 Å². The normalized spacial score (nSPS) is 11.2. The van der Waals surface area contributed by atoms with Gasteiger partial charge >= 0.3 is 11.9 Å². The molecule has 0 atom stereocenters. The smallest absolute Gasteiger partial charge is 0.303 e. The lowest BCUT2D eigenvalue weighted by molar-refractivity contribution is -0.138. The van der Waals surface area contributed by atoms with E-state index in [4.69, 9.17) is 15.9 Å². The molecule has 0 spiro atoms. The van der Waals surface area contributed by atoms with E-state index in [0.29, 0.717) is 18.9 Å². The van der Waals surface area contributed by atoms with Crippen LogP contribution in [-0.4, -0.2) is 28.2 Å². The predicted molar refractivity (Wildman–Crippen MR) is 106 cm³/mol. The minimum Gasteiger partial charge on any atom is -0.481 e. The first-order valence-electron chi connectivity index (χ1n) is 10.7. The Morgan fingerprint density at radius 1 is 0.538 bits per heavy atom. The zero-order chi connectivity index (χ0) is 19.5. The summed E-state index contributed by atoms with van der Waals surface area (Å²) in [6, 6.07) is 0.334. The first-order chi connectivity index (χ1) is 12.5. The Morgan fingerprint density at radius 2 is 0.808 bits per heavy atom. The minimum absolute atomic E-state index is 0.305. The maximum atomic E-state index is 10.4. The van der Waals surface area contributed by atoms with Gasteiger partial charge in [0.15, 0.2) is 0 Å². The lowest BCUT2D eigenvalue weighted by Crippen LogP contribution is -2.19. The third-order valence-corrected chi connectivity index (χ3v) is 4.93. The highest BCUT2D eigenvalue weighted by atomic mass is 16.4. The van der Waals surface area contributed by atoms with Crippen molar-refractivity contribution in [1.82, 2.24) is 0 Å². The molecule has 0 aliphatic rings. The van der Waals surface area contributed by atoms with Crippen molar-refractivity contribution in [2.75, 3.05) is 0 Å². The number of rotatable bonds is 20. The first kappa shape index (κ1) is 24.9. The van der Waals surface area contributed by atoms with Gasteiger partial charge in [0.05, 0.1) is 0 Å². The van der Waals surface area contributed by atoms with Crippen molar-refractivity contribution in [1.29, 1.82) is 0 Å².